The number of anilines is 1. The van der Waals surface area contributed by atoms with E-state index in [0.29, 0.717) is 22.7 Å². The molecule has 1 aromatic carbocycles. The number of rotatable bonds is 4. The minimum atomic E-state index is -0.242. The van der Waals surface area contributed by atoms with Gasteiger partial charge in [0.2, 0.25) is 0 Å². The van der Waals surface area contributed by atoms with Crippen molar-refractivity contribution >= 4 is 11.6 Å². The van der Waals surface area contributed by atoms with Crippen LogP contribution in [-0.4, -0.2) is 15.9 Å². The van der Waals surface area contributed by atoms with Crippen LogP contribution in [0, 0.1) is 0 Å². The van der Waals surface area contributed by atoms with Crippen LogP contribution >= 0.6 is 0 Å². The summed E-state index contributed by atoms with van der Waals surface area (Å²) >= 11 is 0. The molecule has 108 valence electrons. The Labute approximate surface area is 127 Å². The predicted molar refractivity (Wildman–Crippen MR) is 82.9 cm³/mol. The Morgan fingerprint density at radius 2 is 1.64 bits per heavy atom. The van der Waals surface area contributed by atoms with E-state index in [1.54, 1.807) is 43.0 Å². The molecule has 22 heavy (non-hydrogen) atoms. The zero-order valence-electron chi connectivity index (χ0n) is 11.6. The summed E-state index contributed by atoms with van der Waals surface area (Å²) in [5.74, 6) is 0.977. The van der Waals surface area contributed by atoms with Crippen LogP contribution in [0.4, 0.5) is 5.69 Å². The van der Waals surface area contributed by atoms with Gasteiger partial charge in [-0.3, -0.25) is 14.8 Å². The van der Waals surface area contributed by atoms with Crippen molar-refractivity contribution in [2.45, 2.75) is 0 Å². The van der Waals surface area contributed by atoms with Crippen molar-refractivity contribution in [2.75, 3.05) is 5.32 Å². The Hall–Kier alpha value is -3.21. The maximum absolute atomic E-state index is 12.2. The zero-order chi connectivity index (χ0) is 15.2. The van der Waals surface area contributed by atoms with E-state index in [-0.39, 0.29) is 5.91 Å². The number of hydrogen-bond acceptors (Lipinski definition) is 4. The van der Waals surface area contributed by atoms with Crippen molar-refractivity contribution in [3.05, 3.63) is 78.9 Å². The minimum absolute atomic E-state index is 0.242. The first kappa shape index (κ1) is 13.8. The Bertz CT molecular complexity index is 761. The number of pyridine rings is 2. The first-order chi connectivity index (χ1) is 10.8. The van der Waals surface area contributed by atoms with Crippen molar-refractivity contribution in [1.82, 2.24) is 9.97 Å². The standard InChI is InChI=1S/C17H13N3O2/c21-17(13-6-9-18-10-7-13)20-15-12-19-11-8-16(15)22-14-4-2-1-3-5-14/h1-12H,(H,20,21). The summed E-state index contributed by atoms with van der Waals surface area (Å²) in [6.07, 6.45) is 6.30. The molecular weight excluding hydrogens is 278 g/mol. The SMILES string of the molecule is O=C(Nc1cnccc1Oc1ccccc1)c1ccncc1. The van der Waals surface area contributed by atoms with Crippen molar-refractivity contribution in [2.24, 2.45) is 0 Å². The molecule has 3 rings (SSSR count). The van der Waals surface area contributed by atoms with Crippen molar-refractivity contribution in [3.8, 4) is 11.5 Å². The lowest BCUT2D eigenvalue weighted by atomic mass is 10.2. The van der Waals surface area contributed by atoms with Crippen LogP contribution in [0.3, 0.4) is 0 Å². The molecule has 3 aromatic rings. The number of para-hydroxylation sites is 1. The van der Waals surface area contributed by atoms with E-state index < -0.39 is 0 Å². The van der Waals surface area contributed by atoms with Gasteiger partial charge in [-0.2, -0.15) is 0 Å². The number of benzene rings is 1. The molecule has 0 saturated heterocycles. The fourth-order valence-corrected chi connectivity index (χ4v) is 1.88. The quantitative estimate of drug-likeness (QED) is 0.798. The molecule has 0 spiro atoms. The van der Waals surface area contributed by atoms with Gasteiger partial charge < -0.3 is 10.1 Å². The second-order valence-corrected chi connectivity index (χ2v) is 4.48. The summed E-state index contributed by atoms with van der Waals surface area (Å²) in [7, 11) is 0. The summed E-state index contributed by atoms with van der Waals surface area (Å²) in [6, 6.07) is 14.3. The number of amides is 1. The van der Waals surface area contributed by atoms with Gasteiger partial charge in [-0.15, -0.1) is 0 Å². The van der Waals surface area contributed by atoms with Crippen LogP contribution in [-0.2, 0) is 0 Å². The average Bonchev–Trinajstić information content (AvgIpc) is 2.58. The van der Waals surface area contributed by atoms with E-state index in [4.69, 9.17) is 4.74 Å². The van der Waals surface area contributed by atoms with Crippen LogP contribution in [0.15, 0.2) is 73.3 Å². The largest absolute Gasteiger partial charge is 0.455 e. The number of carbonyl (C=O) groups is 1. The molecule has 0 aliphatic carbocycles. The first-order valence-corrected chi connectivity index (χ1v) is 6.71. The highest BCUT2D eigenvalue weighted by atomic mass is 16.5. The van der Waals surface area contributed by atoms with Crippen molar-refractivity contribution in [1.29, 1.82) is 0 Å². The molecule has 0 bridgehead atoms. The highest BCUT2D eigenvalue weighted by molar-refractivity contribution is 6.04. The Balaban J connectivity index is 1.81. The van der Waals surface area contributed by atoms with Gasteiger partial charge in [0.05, 0.1) is 6.20 Å². The number of carbonyl (C=O) groups excluding carboxylic acids is 1. The van der Waals surface area contributed by atoms with Crippen LogP contribution in [0.1, 0.15) is 10.4 Å². The molecule has 0 fully saturated rings. The molecule has 2 heterocycles. The number of hydrogen-bond donors (Lipinski definition) is 1. The van der Waals surface area contributed by atoms with Crippen molar-refractivity contribution < 1.29 is 9.53 Å². The van der Waals surface area contributed by atoms with Crippen molar-refractivity contribution in [3.63, 3.8) is 0 Å². The first-order valence-electron chi connectivity index (χ1n) is 6.71. The van der Waals surface area contributed by atoms with Crippen LogP contribution in [0.25, 0.3) is 0 Å². The zero-order valence-corrected chi connectivity index (χ0v) is 11.6. The Kier molecular flexibility index (Phi) is 4.06. The molecule has 0 radical (unpaired) electrons. The van der Waals surface area contributed by atoms with Gasteiger partial charge in [0.1, 0.15) is 11.4 Å². The lowest BCUT2D eigenvalue weighted by Crippen LogP contribution is -2.12. The lowest BCUT2D eigenvalue weighted by molar-refractivity contribution is 0.102. The topological polar surface area (TPSA) is 64.1 Å². The van der Waals surface area contributed by atoms with Crippen LogP contribution in [0.2, 0.25) is 0 Å². The van der Waals surface area contributed by atoms with E-state index in [1.165, 1.54) is 0 Å². The highest BCUT2D eigenvalue weighted by Gasteiger charge is 2.10. The summed E-state index contributed by atoms with van der Waals surface area (Å²) in [5, 5.41) is 2.79. The molecule has 5 heteroatoms. The summed E-state index contributed by atoms with van der Waals surface area (Å²) in [4.78, 5) is 20.1. The van der Waals surface area contributed by atoms with E-state index in [0.717, 1.165) is 0 Å². The summed E-state index contributed by atoms with van der Waals surface area (Å²) in [6.45, 7) is 0. The second kappa shape index (κ2) is 6.49. The molecule has 0 saturated carbocycles. The Morgan fingerprint density at radius 3 is 2.41 bits per heavy atom. The Morgan fingerprint density at radius 1 is 0.909 bits per heavy atom. The molecular formula is C17H13N3O2. The van der Waals surface area contributed by atoms with Gasteiger partial charge in [-0.25, -0.2) is 0 Å². The third kappa shape index (κ3) is 3.27. The normalized spacial score (nSPS) is 10.0. The van der Waals surface area contributed by atoms with Crippen LogP contribution < -0.4 is 10.1 Å². The van der Waals surface area contributed by atoms with E-state index in [2.05, 4.69) is 15.3 Å². The average molecular weight is 291 g/mol. The number of ether oxygens (including phenoxy) is 1. The van der Waals surface area contributed by atoms with Gasteiger partial charge in [-0.05, 0) is 24.3 Å². The monoisotopic (exact) mass is 291 g/mol. The van der Waals surface area contributed by atoms with Gasteiger partial charge in [0.25, 0.3) is 5.91 Å². The van der Waals surface area contributed by atoms with Gasteiger partial charge in [0, 0.05) is 30.2 Å². The fourth-order valence-electron chi connectivity index (χ4n) is 1.88. The summed E-state index contributed by atoms with van der Waals surface area (Å²) in [5.41, 5.74) is 1.03. The van der Waals surface area contributed by atoms with Crippen LogP contribution in [0.5, 0.6) is 11.5 Å². The number of nitrogens with one attached hydrogen (secondary N) is 1. The molecule has 0 unspecified atom stereocenters. The number of nitrogens with zero attached hydrogens (tertiary/aromatic N) is 2. The molecule has 5 nitrogen and oxygen atoms in total. The van der Waals surface area contributed by atoms with Gasteiger partial charge >= 0.3 is 0 Å². The number of aromatic nitrogens is 2. The lowest BCUT2D eigenvalue weighted by Gasteiger charge is -2.11. The van der Waals surface area contributed by atoms with Gasteiger partial charge in [0.15, 0.2) is 5.75 Å². The maximum atomic E-state index is 12.2. The van der Waals surface area contributed by atoms with E-state index in [9.17, 15) is 4.79 Å². The molecule has 0 atom stereocenters. The fraction of sp³-hybridized carbons (Fsp3) is 0. The van der Waals surface area contributed by atoms with E-state index >= 15 is 0 Å². The molecule has 0 aliphatic rings. The molecule has 1 amide bonds. The molecule has 1 N–H and O–H groups in total. The predicted octanol–water partition coefficient (Wildman–Crippen LogP) is 3.52. The molecule has 2 aromatic heterocycles. The van der Waals surface area contributed by atoms with Gasteiger partial charge in [-0.1, -0.05) is 18.2 Å². The smallest absolute Gasteiger partial charge is 0.255 e. The maximum Gasteiger partial charge on any atom is 0.255 e. The molecule has 0 aliphatic heterocycles. The highest BCUT2D eigenvalue weighted by Crippen LogP contribution is 2.28. The minimum Gasteiger partial charge on any atom is -0.455 e. The summed E-state index contributed by atoms with van der Waals surface area (Å²) < 4.78 is 5.78. The third-order valence-corrected chi connectivity index (χ3v) is 2.94. The second-order valence-electron chi connectivity index (χ2n) is 4.48. The van der Waals surface area contributed by atoms with E-state index in [1.807, 2.05) is 30.3 Å². The third-order valence-electron chi connectivity index (χ3n) is 2.94.